The predicted octanol–water partition coefficient (Wildman–Crippen LogP) is 8.77. The number of aromatic nitrogens is 1. The number of hydrogen-bond acceptors (Lipinski definition) is 6. The summed E-state index contributed by atoms with van der Waals surface area (Å²) < 4.78 is 10.6. The number of thiazole rings is 1. The second-order valence-electron chi connectivity index (χ2n) is 10.9. The molecule has 9 rings (SSSR count). The van der Waals surface area contributed by atoms with E-state index >= 15 is 0 Å². The van der Waals surface area contributed by atoms with Crippen LogP contribution in [-0.4, -0.2) is 32.6 Å². The van der Waals surface area contributed by atoms with E-state index < -0.39 is 20.9 Å². The van der Waals surface area contributed by atoms with Gasteiger partial charge < -0.3 is 0 Å². The van der Waals surface area contributed by atoms with Crippen LogP contribution in [0.25, 0.3) is 10.2 Å². The Labute approximate surface area is 275 Å². The number of para-hydroxylation sites is 5. The second kappa shape index (κ2) is 11.0. The molecule has 0 radical (unpaired) electrons. The smallest absolute Gasteiger partial charge is 0.0383 e. The molecular formula is C38H26N4OSTe. The van der Waals surface area contributed by atoms with Crippen LogP contribution in [0.2, 0.25) is 0 Å². The molecule has 3 heterocycles. The topological polar surface area (TPSA) is 31.8 Å². The minimum Gasteiger partial charge on any atom is -0.0602 e. The summed E-state index contributed by atoms with van der Waals surface area (Å²) in [4.78, 5) is 12.1. The van der Waals surface area contributed by atoms with Gasteiger partial charge >= 0.3 is 241 Å². The van der Waals surface area contributed by atoms with Crippen LogP contribution in [0.1, 0.15) is 0 Å². The molecule has 0 atom stereocenters. The standard InChI is InChI=1S/C38H26N4OSTe/c1-2-11-26(12-3-1)40-25-41(32-17-6-5-16-31(32)40)27-13-10-14-28(23-27)43-29-21-22-37-34(24-29)42(33-18-7-9-20-36(33)45-37)38-39-30-15-4-8-19-35(30)44-38/h1-24H,25H2. The maximum atomic E-state index is 6.61. The Hall–Kier alpha value is -4.80. The van der Waals surface area contributed by atoms with Gasteiger partial charge in [-0.05, 0) is 12.1 Å². The van der Waals surface area contributed by atoms with Crippen LogP contribution in [-0.2, 0) is 0 Å². The Kier molecular flexibility index (Phi) is 6.48. The van der Waals surface area contributed by atoms with Crippen molar-refractivity contribution in [2.75, 3.05) is 21.4 Å². The summed E-state index contributed by atoms with van der Waals surface area (Å²) in [5, 5.41) is 0.979. The van der Waals surface area contributed by atoms with Gasteiger partial charge in [-0.15, -0.1) is 0 Å². The molecule has 0 fully saturated rings. The first-order chi connectivity index (χ1) is 22.3. The monoisotopic (exact) mass is 716 g/mol. The van der Waals surface area contributed by atoms with Crippen molar-refractivity contribution in [3.8, 4) is 11.5 Å². The van der Waals surface area contributed by atoms with E-state index in [1.165, 1.54) is 34.7 Å². The first kappa shape index (κ1) is 26.6. The van der Waals surface area contributed by atoms with Crippen LogP contribution in [0, 0.1) is 0 Å². The van der Waals surface area contributed by atoms with Crippen LogP contribution in [0.15, 0.2) is 146 Å². The fourth-order valence-corrected chi connectivity index (χ4v) is 10.0. The third-order valence-electron chi connectivity index (χ3n) is 8.15. The van der Waals surface area contributed by atoms with E-state index in [1.54, 1.807) is 11.3 Å². The van der Waals surface area contributed by atoms with Crippen molar-refractivity contribution >= 4 is 89.0 Å². The Morgan fingerprint density at radius 3 is 2.07 bits per heavy atom. The molecule has 0 aliphatic carbocycles. The molecule has 0 saturated carbocycles. The summed E-state index contributed by atoms with van der Waals surface area (Å²) in [5.41, 5.74) is 8.06. The first-order valence-corrected chi connectivity index (χ1v) is 18.0. The van der Waals surface area contributed by atoms with Crippen LogP contribution < -0.4 is 26.7 Å². The molecule has 216 valence electrons. The zero-order chi connectivity index (χ0) is 29.7. The van der Waals surface area contributed by atoms with Crippen molar-refractivity contribution in [3.63, 3.8) is 0 Å². The molecule has 45 heavy (non-hydrogen) atoms. The van der Waals surface area contributed by atoms with E-state index in [-0.39, 0.29) is 0 Å². The van der Waals surface area contributed by atoms with Gasteiger partial charge in [0.25, 0.3) is 0 Å². The van der Waals surface area contributed by atoms with Gasteiger partial charge in [0, 0.05) is 0 Å². The summed E-state index contributed by atoms with van der Waals surface area (Å²) in [6.45, 7) is 0.729. The Morgan fingerprint density at radius 2 is 1.22 bits per heavy atom. The van der Waals surface area contributed by atoms with Gasteiger partial charge in [0.05, 0.1) is 0 Å². The number of ether oxygens (including phenoxy) is 1. The third kappa shape index (κ3) is 4.72. The Morgan fingerprint density at radius 1 is 0.556 bits per heavy atom. The van der Waals surface area contributed by atoms with E-state index in [9.17, 15) is 0 Å². The van der Waals surface area contributed by atoms with Crippen LogP contribution in [0.4, 0.5) is 39.3 Å². The van der Waals surface area contributed by atoms with Crippen LogP contribution in [0.3, 0.4) is 0 Å². The van der Waals surface area contributed by atoms with Gasteiger partial charge in [0.1, 0.15) is 0 Å². The molecule has 0 spiro atoms. The van der Waals surface area contributed by atoms with Gasteiger partial charge in [0.2, 0.25) is 0 Å². The van der Waals surface area contributed by atoms with Gasteiger partial charge in [0.15, 0.2) is 0 Å². The zero-order valence-corrected chi connectivity index (χ0v) is 27.2. The number of fused-ring (bicyclic) bond motifs is 4. The maximum Gasteiger partial charge on any atom is -0.0383 e. The minimum absolute atomic E-state index is 0.553. The van der Waals surface area contributed by atoms with Crippen molar-refractivity contribution in [2.24, 2.45) is 0 Å². The average molecular weight is 714 g/mol. The number of nitrogens with zero attached hydrogens (tertiary/aromatic N) is 4. The molecule has 7 aromatic rings. The van der Waals surface area contributed by atoms with E-state index in [0.29, 0.717) is 0 Å². The summed E-state index contributed by atoms with van der Waals surface area (Å²) in [6.07, 6.45) is 0. The largest absolute Gasteiger partial charge is 0.0602 e. The normalized spacial score (nSPS) is 13.5. The van der Waals surface area contributed by atoms with Crippen molar-refractivity contribution < 1.29 is 4.74 Å². The number of rotatable bonds is 5. The fourth-order valence-electron chi connectivity index (χ4n) is 6.07. The fraction of sp³-hybridized carbons (Fsp3) is 0.0263. The molecule has 6 aromatic carbocycles. The van der Waals surface area contributed by atoms with E-state index in [0.717, 1.165) is 40.2 Å². The van der Waals surface area contributed by atoms with Crippen molar-refractivity contribution in [2.45, 2.75) is 0 Å². The van der Waals surface area contributed by atoms with Crippen LogP contribution in [0.5, 0.6) is 11.5 Å². The Balaban J connectivity index is 1.06. The number of benzene rings is 6. The predicted molar refractivity (Wildman–Crippen MR) is 188 cm³/mol. The van der Waals surface area contributed by atoms with Crippen molar-refractivity contribution in [1.82, 2.24) is 4.98 Å². The second-order valence-corrected chi connectivity index (χ2v) is 15.0. The zero-order valence-electron chi connectivity index (χ0n) is 24.1. The molecule has 2 aliphatic rings. The molecule has 5 nitrogen and oxygen atoms in total. The molecule has 0 unspecified atom stereocenters. The number of hydrogen-bond donors (Lipinski definition) is 0. The molecule has 0 bridgehead atoms. The Bertz CT molecular complexity index is 2170. The van der Waals surface area contributed by atoms with Crippen LogP contribution >= 0.6 is 11.3 Å². The third-order valence-corrected chi connectivity index (χ3v) is 12.4. The van der Waals surface area contributed by atoms with Crippen molar-refractivity contribution in [3.05, 3.63) is 146 Å². The minimum atomic E-state index is -0.553. The molecule has 0 saturated heterocycles. The van der Waals surface area contributed by atoms with Gasteiger partial charge in [-0.1, -0.05) is 24.3 Å². The molecule has 2 aliphatic heterocycles. The average Bonchev–Trinajstić information content (AvgIpc) is 3.70. The van der Waals surface area contributed by atoms with E-state index in [2.05, 4.69) is 154 Å². The van der Waals surface area contributed by atoms with Gasteiger partial charge in [-0.3, -0.25) is 0 Å². The molecule has 1 aromatic heterocycles. The SMILES string of the molecule is c1ccc(N2CN(c3cccc(Oc4ccc5c(c4)N(c4nc6ccccc6s4)c4ccccc4[Te]5)c3)c3ccccc32)cc1. The van der Waals surface area contributed by atoms with Gasteiger partial charge in [-0.2, -0.15) is 0 Å². The van der Waals surface area contributed by atoms with Crippen molar-refractivity contribution in [1.29, 1.82) is 0 Å². The summed E-state index contributed by atoms with van der Waals surface area (Å²) in [7, 11) is 0. The molecule has 0 N–H and O–H groups in total. The number of anilines is 7. The summed E-state index contributed by atoms with van der Waals surface area (Å²) in [6, 6.07) is 51.2. The summed E-state index contributed by atoms with van der Waals surface area (Å²) >= 11 is 1.18. The quantitative estimate of drug-likeness (QED) is 0.167. The molecular weight excluding hydrogens is 688 g/mol. The van der Waals surface area contributed by atoms with E-state index in [4.69, 9.17) is 9.72 Å². The molecule has 0 amide bonds. The van der Waals surface area contributed by atoms with E-state index in [1.807, 2.05) is 6.07 Å². The maximum absolute atomic E-state index is 6.61. The first-order valence-electron chi connectivity index (χ1n) is 14.8. The molecule has 7 heteroatoms. The summed E-state index contributed by atoms with van der Waals surface area (Å²) in [5.74, 6) is 1.62. The van der Waals surface area contributed by atoms with Gasteiger partial charge in [-0.25, -0.2) is 0 Å².